The van der Waals surface area contributed by atoms with Crippen LogP contribution in [0, 0.1) is 0 Å². The first-order valence-corrected chi connectivity index (χ1v) is 5.00. The van der Waals surface area contributed by atoms with E-state index in [9.17, 15) is 4.79 Å². The molecule has 2 heterocycles. The van der Waals surface area contributed by atoms with Gasteiger partial charge in [-0.1, -0.05) is 0 Å². The van der Waals surface area contributed by atoms with Crippen molar-refractivity contribution < 1.29 is 9.53 Å². The number of anilines is 1. The average Bonchev–Trinajstić information content (AvgIpc) is 2.77. The summed E-state index contributed by atoms with van der Waals surface area (Å²) in [6, 6.07) is 3.61. The number of nitrogens with zero attached hydrogens (tertiary/aromatic N) is 3. The molecule has 2 aromatic heterocycles. The Morgan fingerprint density at radius 1 is 1.59 bits per heavy atom. The molecule has 0 aliphatic heterocycles. The third-order valence-electron chi connectivity index (χ3n) is 2.35. The van der Waals surface area contributed by atoms with Gasteiger partial charge >= 0.3 is 5.97 Å². The van der Waals surface area contributed by atoms with Crippen LogP contribution in [0.3, 0.4) is 0 Å². The second-order valence-electron chi connectivity index (χ2n) is 3.42. The zero-order valence-electron chi connectivity index (χ0n) is 9.33. The topological polar surface area (TPSA) is 83.0 Å². The van der Waals surface area contributed by atoms with Gasteiger partial charge in [0.05, 0.1) is 25.3 Å². The molecule has 2 aromatic rings. The molecule has 0 aliphatic carbocycles. The number of nitrogen functional groups attached to an aromatic ring is 1. The Kier molecular flexibility index (Phi) is 3.04. The van der Waals surface area contributed by atoms with Gasteiger partial charge in [0.15, 0.2) is 0 Å². The van der Waals surface area contributed by atoms with Crippen molar-refractivity contribution in [3.8, 4) is 11.3 Å². The van der Waals surface area contributed by atoms with Gasteiger partial charge in [0.2, 0.25) is 0 Å². The molecule has 0 aromatic carbocycles. The number of methoxy groups -OCH3 is 1. The van der Waals surface area contributed by atoms with Crippen LogP contribution >= 0.6 is 0 Å². The van der Waals surface area contributed by atoms with E-state index in [1.165, 1.54) is 7.11 Å². The highest BCUT2D eigenvalue weighted by Crippen LogP contribution is 2.23. The van der Waals surface area contributed by atoms with Crippen molar-refractivity contribution in [1.82, 2.24) is 14.5 Å². The number of hydrogen-bond donors (Lipinski definition) is 1. The molecule has 0 fully saturated rings. The lowest BCUT2D eigenvalue weighted by molar-refractivity contribution is -0.141. The maximum Gasteiger partial charge on any atom is 0.325 e. The predicted octanol–water partition coefficient (Wildman–Crippen LogP) is 0.700. The fourth-order valence-corrected chi connectivity index (χ4v) is 1.51. The molecule has 2 rings (SSSR count). The van der Waals surface area contributed by atoms with E-state index in [0.717, 1.165) is 11.3 Å². The van der Waals surface area contributed by atoms with E-state index in [-0.39, 0.29) is 12.5 Å². The third kappa shape index (κ3) is 2.25. The lowest BCUT2D eigenvalue weighted by atomic mass is 10.2. The minimum Gasteiger partial charge on any atom is -0.468 e. The van der Waals surface area contributed by atoms with Crippen molar-refractivity contribution in [2.24, 2.45) is 0 Å². The number of rotatable bonds is 3. The molecule has 0 aliphatic rings. The Bertz CT molecular complexity index is 536. The van der Waals surface area contributed by atoms with Crippen LogP contribution in [0.2, 0.25) is 0 Å². The lowest BCUT2D eigenvalue weighted by Crippen LogP contribution is -2.12. The first-order valence-electron chi connectivity index (χ1n) is 5.00. The number of imidazole rings is 1. The van der Waals surface area contributed by atoms with Crippen molar-refractivity contribution in [3.05, 3.63) is 30.9 Å². The highest BCUT2D eigenvalue weighted by atomic mass is 16.5. The predicted molar refractivity (Wildman–Crippen MR) is 61.9 cm³/mol. The molecule has 0 radical (unpaired) electrons. The number of carbonyl (C=O) groups is 1. The zero-order valence-corrected chi connectivity index (χ0v) is 9.33. The number of aromatic nitrogens is 3. The van der Waals surface area contributed by atoms with Gasteiger partial charge in [-0.15, -0.1) is 0 Å². The van der Waals surface area contributed by atoms with Crippen molar-refractivity contribution in [2.45, 2.75) is 6.54 Å². The summed E-state index contributed by atoms with van der Waals surface area (Å²) in [4.78, 5) is 19.2. The normalized spacial score (nSPS) is 10.2. The van der Waals surface area contributed by atoms with Gasteiger partial charge in [0.1, 0.15) is 12.4 Å². The van der Waals surface area contributed by atoms with Gasteiger partial charge in [0.25, 0.3) is 0 Å². The summed E-state index contributed by atoms with van der Waals surface area (Å²) in [7, 11) is 1.34. The molecule has 2 N–H and O–H groups in total. The monoisotopic (exact) mass is 232 g/mol. The van der Waals surface area contributed by atoms with Crippen molar-refractivity contribution in [1.29, 1.82) is 0 Å². The molecular weight excluding hydrogens is 220 g/mol. The SMILES string of the molecule is COC(=O)Cn1cncc1-c1cccnc1N. The average molecular weight is 232 g/mol. The van der Waals surface area contributed by atoms with Crippen LogP contribution in [0.1, 0.15) is 0 Å². The summed E-state index contributed by atoms with van der Waals surface area (Å²) in [5, 5.41) is 0. The van der Waals surface area contributed by atoms with E-state index < -0.39 is 0 Å². The van der Waals surface area contributed by atoms with Crippen LogP contribution in [0.5, 0.6) is 0 Å². The standard InChI is InChI=1S/C11H12N4O2/c1-17-10(16)6-15-7-13-5-9(15)8-3-2-4-14-11(8)12/h2-5,7H,6H2,1H3,(H2,12,14). The first-order chi connectivity index (χ1) is 8.22. The largest absolute Gasteiger partial charge is 0.468 e. The summed E-state index contributed by atoms with van der Waals surface area (Å²) in [5.41, 5.74) is 7.26. The fourth-order valence-electron chi connectivity index (χ4n) is 1.51. The van der Waals surface area contributed by atoms with Crippen LogP contribution in [-0.4, -0.2) is 27.6 Å². The second kappa shape index (κ2) is 4.65. The van der Waals surface area contributed by atoms with E-state index in [4.69, 9.17) is 5.73 Å². The van der Waals surface area contributed by atoms with Crippen molar-refractivity contribution in [2.75, 3.05) is 12.8 Å². The first kappa shape index (κ1) is 11.1. The summed E-state index contributed by atoms with van der Waals surface area (Å²) < 4.78 is 6.28. The van der Waals surface area contributed by atoms with E-state index in [1.54, 1.807) is 29.4 Å². The van der Waals surface area contributed by atoms with Crippen LogP contribution in [0.25, 0.3) is 11.3 Å². The van der Waals surface area contributed by atoms with Crippen LogP contribution in [0.15, 0.2) is 30.9 Å². The molecule has 0 amide bonds. The Balaban J connectivity index is 2.37. The van der Waals surface area contributed by atoms with Gasteiger partial charge in [-0.3, -0.25) is 4.79 Å². The molecule has 88 valence electrons. The zero-order chi connectivity index (χ0) is 12.3. The van der Waals surface area contributed by atoms with E-state index in [2.05, 4.69) is 14.7 Å². The molecule has 0 atom stereocenters. The Labute approximate surface area is 98.1 Å². The Hall–Kier alpha value is -2.37. The molecule has 0 saturated carbocycles. The van der Waals surface area contributed by atoms with Gasteiger partial charge in [-0.2, -0.15) is 0 Å². The van der Waals surface area contributed by atoms with E-state index in [1.807, 2.05) is 6.07 Å². The number of pyridine rings is 1. The fraction of sp³-hybridized carbons (Fsp3) is 0.182. The molecule has 0 saturated heterocycles. The summed E-state index contributed by atoms with van der Waals surface area (Å²) in [6.07, 6.45) is 4.80. The lowest BCUT2D eigenvalue weighted by Gasteiger charge is -2.08. The number of nitrogens with two attached hydrogens (primary N) is 1. The maximum atomic E-state index is 11.2. The Morgan fingerprint density at radius 2 is 2.41 bits per heavy atom. The minimum absolute atomic E-state index is 0.0974. The van der Waals surface area contributed by atoms with E-state index >= 15 is 0 Å². The van der Waals surface area contributed by atoms with Crippen molar-refractivity contribution >= 4 is 11.8 Å². The van der Waals surface area contributed by atoms with Crippen LogP contribution in [-0.2, 0) is 16.1 Å². The van der Waals surface area contributed by atoms with Crippen LogP contribution in [0.4, 0.5) is 5.82 Å². The number of hydrogen-bond acceptors (Lipinski definition) is 5. The molecule has 6 heteroatoms. The number of ether oxygens (including phenoxy) is 1. The van der Waals surface area contributed by atoms with E-state index in [0.29, 0.717) is 5.82 Å². The maximum absolute atomic E-state index is 11.2. The molecule has 0 spiro atoms. The third-order valence-corrected chi connectivity index (χ3v) is 2.35. The molecule has 17 heavy (non-hydrogen) atoms. The highest BCUT2D eigenvalue weighted by Gasteiger charge is 2.11. The summed E-state index contributed by atoms with van der Waals surface area (Å²) in [5.74, 6) is 0.0610. The smallest absolute Gasteiger partial charge is 0.325 e. The molecule has 0 unspecified atom stereocenters. The molecule has 0 bridgehead atoms. The molecular formula is C11H12N4O2. The van der Waals surface area contributed by atoms with Crippen LogP contribution < -0.4 is 5.73 Å². The number of esters is 1. The summed E-state index contributed by atoms with van der Waals surface area (Å²) >= 11 is 0. The van der Waals surface area contributed by atoms with Gasteiger partial charge in [-0.05, 0) is 12.1 Å². The molecule has 6 nitrogen and oxygen atoms in total. The van der Waals surface area contributed by atoms with Gasteiger partial charge in [0, 0.05) is 11.8 Å². The van der Waals surface area contributed by atoms with Gasteiger partial charge < -0.3 is 15.0 Å². The minimum atomic E-state index is -0.341. The van der Waals surface area contributed by atoms with Crippen molar-refractivity contribution in [3.63, 3.8) is 0 Å². The highest BCUT2D eigenvalue weighted by molar-refractivity contribution is 5.73. The summed E-state index contributed by atoms with van der Waals surface area (Å²) in [6.45, 7) is 0.0974. The number of carbonyl (C=O) groups excluding carboxylic acids is 1. The van der Waals surface area contributed by atoms with Gasteiger partial charge in [-0.25, -0.2) is 9.97 Å². The Morgan fingerprint density at radius 3 is 3.12 bits per heavy atom. The second-order valence-corrected chi connectivity index (χ2v) is 3.42. The quantitative estimate of drug-likeness (QED) is 0.787.